The van der Waals surface area contributed by atoms with Gasteiger partial charge in [-0.25, -0.2) is 4.39 Å². The van der Waals surface area contributed by atoms with Gasteiger partial charge in [0.15, 0.2) is 17.5 Å². The minimum atomic E-state index is -0.418. The summed E-state index contributed by atoms with van der Waals surface area (Å²) in [5, 5.41) is 15.4. The fraction of sp³-hybridized carbons (Fsp3) is 0.278. The van der Waals surface area contributed by atoms with Gasteiger partial charge in [0.25, 0.3) is 0 Å². The Balaban J connectivity index is 0.00000338. The first-order chi connectivity index (χ1) is 12.1. The van der Waals surface area contributed by atoms with Gasteiger partial charge in [-0.05, 0) is 29.8 Å². The second kappa shape index (κ2) is 10.8. The van der Waals surface area contributed by atoms with Gasteiger partial charge in [0, 0.05) is 30.9 Å². The number of guanidine groups is 1. The fourth-order valence-corrected chi connectivity index (χ4v) is 2.27. The molecular formula is C18H23FIN3O3. The van der Waals surface area contributed by atoms with Gasteiger partial charge < -0.3 is 25.2 Å². The van der Waals surface area contributed by atoms with Crippen molar-refractivity contribution in [2.45, 2.75) is 13.2 Å². The van der Waals surface area contributed by atoms with Crippen LogP contribution in [0.25, 0.3) is 0 Å². The summed E-state index contributed by atoms with van der Waals surface area (Å²) in [5.41, 5.74) is 1.88. The summed E-state index contributed by atoms with van der Waals surface area (Å²) in [5.74, 6) is 1.37. The van der Waals surface area contributed by atoms with E-state index in [1.165, 1.54) is 6.07 Å². The average Bonchev–Trinajstić information content (AvgIpc) is 2.65. The predicted molar refractivity (Wildman–Crippen MR) is 111 cm³/mol. The SMILES string of the molecule is CN=C(NCc1ccc(F)c(CO)c1)Nc1ccc(OC)c(OC)c1.I. The van der Waals surface area contributed by atoms with Gasteiger partial charge >= 0.3 is 0 Å². The van der Waals surface area contributed by atoms with Crippen LogP contribution < -0.4 is 20.1 Å². The topological polar surface area (TPSA) is 75.1 Å². The zero-order valence-electron chi connectivity index (χ0n) is 14.9. The highest BCUT2D eigenvalue weighted by Gasteiger charge is 2.07. The molecule has 0 atom stereocenters. The molecule has 6 nitrogen and oxygen atoms in total. The van der Waals surface area contributed by atoms with Crippen molar-refractivity contribution >= 4 is 35.6 Å². The van der Waals surface area contributed by atoms with Gasteiger partial charge in [0.05, 0.1) is 20.8 Å². The predicted octanol–water partition coefficient (Wildman–Crippen LogP) is 3.14. The quantitative estimate of drug-likeness (QED) is 0.340. The monoisotopic (exact) mass is 475 g/mol. The van der Waals surface area contributed by atoms with Crippen molar-refractivity contribution in [2.75, 3.05) is 26.6 Å². The van der Waals surface area contributed by atoms with E-state index in [0.717, 1.165) is 11.3 Å². The van der Waals surface area contributed by atoms with Crippen molar-refractivity contribution in [1.82, 2.24) is 5.32 Å². The summed E-state index contributed by atoms with van der Waals surface area (Å²) >= 11 is 0. The summed E-state index contributed by atoms with van der Waals surface area (Å²) in [6, 6.07) is 10.1. The summed E-state index contributed by atoms with van der Waals surface area (Å²) in [6.07, 6.45) is 0. The molecule has 2 aromatic carbocycles. The molecule has 0 aromatic heterocycles. The molecule has 0 heterocycles. The molecule has 2 aromatic rings. The summed E-state index contributed by atoms with van der Waals surface area (Å²) in [4.78, 5) is 4.16. The van der Waals surface area contributed by atoms with Crippen LogP contribution in [-0.2, 0) is 13.2 Å². The number of aliphatic hydroxyl groups is 1. The maximum absolute atomic E-state index is 13.4. The Kier molecular flexibility index (Phi) is 9.14. The number of aliphatic imine (C=N–C) groups is 1. The van der Waals surface area contributed by atoms with Crippen LogP contribution in [0.3, 0.4) is 0 Å². The van der Waals surface area contributed by atoms with E-state index in [4.69, 9.17) is 14.6 Å². The maximum Gasteiger partial charge on any atom is 0.195 e. The van der Waals surface area contributed by atoms with Crippen molar-refractivity contribution in [1.29, 1.82) is 0 Å². The van der Waals surface area contributed by atoms with Crippen LogP contribution in [0.15, 0.2) is 41.4 Å². The molecule has 26 heavy (non-hydrogen) atoms. The zero-order chi connectivity index (χ0) is 18.2. The number of rotatable bonds is 6. The molecule has 0 radical (unpaired) electrons. The minimum Gasteiger partial charge on any atom is -0.493 e. The van der Waals surface area contributed by atoms with Crippen LogP contribution in [0, 0.1) is 5.82 Å². The fourth-order valence-electron chi connectivity index (χ4n) is 2.27. The molecule has 0 saturated heterocycles. The number of methoxy groups -OCH3 is 2. The molecular weight excluding hydrogens is 452 g/mol. The number of hydrogen-bond donors (Lipinski definition) is 3. The first kappa shape index (κ1) is 22.0. The van der Waals surface area contributed by atoms with E-state index in [1.807, 2.05) is 6.07 Å². The molecule has 0 bridgehead atoms. The molecule has 0 aliphatic rings. The zero-order valence-corrected chi connectivity index (χ0v) is 17.2. The van der Waals surface area contributed by atoms with Crippen molar-refractivity contribution in [3.63, 3.8) is 0 Å². The van der Waals surface area contributed by atoms with Crippen LogP contribution in [0.5, 0.6) is 11.5 Å². The van der Waals surface area contributed by atoms with Crippen LogP contribution in [-0.4, -0.2) is 32.3 Å². The van der Waals surface area contributed by atoms with E-state index < -0.39 is 5.82 Å². The Morgan fingerprint density at radius 1 is 1.12 bits per heavy atom. The number of nitrogens with zero attached hydrogens (tertiary/aromatic N) is 1. The molecule has 0 unspecified atom stereocenters. The molecule has 8 heteroatoms. The van der Waals surface area contributed by atoms with E-state index in [-0.39, 0.29) is 36.1 Å². The van der Waals surface area contributed by atoms with Gasteiger partial charge in [0.2, 0.25) is 0 Å². The van der Waals surface area contributed by atoms with Crippen molar-refractivity contribution < 1.29 is 19.0 Å². The van der Waals surface area contributed by atoms with E-state index >= 15 is 0 Å². The molecule has 2 rings (SSSR count). The lowest BCUT2D eigenvalue weighted by Gasteiger charge is -2.14. The molecule has 0 aliphatic carbocycles. The molecule has 142 valence electrons. The minimum absolute atomic E-state index is 0. The van der Waals surface area contributed by atoms with E-state index in [1.54, 1.807) is 45.5 Å². The molecule has 0 aliphatic heterocycles. The molecule has 3 N–H and O–H groups in total. The largest absolute Gasteiger partial charge is 0.493 e. The lowest BCUT2D eigenvalue weighted by atomic mass is 10.1. The Morgan fingerprint density at radius 3 is 2.46 bits per heavy atom. The third kappa shape index (κ3) is 5.73. The highest BCUT2D eigenvalue weighted by atomic mass is 127. The first-order valence-electron chi connectivity index (χ1n) is 7.69. The van der Waals surface area contributed by atoms with Gasteiger partial charge in [-0.3, -0.25) is 4.99 Å². The normalized spacial score (nSPS) is 10.7. The standard InChI is InChI=1S/C18H22FN3O3.HI/c1-20-18(21-10-12-4-6-15(19)13(8-12)11-23)22-14-5-7-16(24-2)17(9-14)25-3;/h4-9,23H,10-11H2,1-3H3,(H2,20,21,22);1H. The van der Waals surface area contributed by atoms with Gasteiger partial charge in [0.1, 0.15) is 5.82 Å². The summed E-state index contributed by atoms with van der Waals surface area (Å²) in [6.45, 7) is 0.0958. The van der Waals surface area contributed by atoms with E-state index in [2.05, 4.69) is 15.6 Å². The number of halogens is 2. The first-order valence-corrected chi connectivity index (χ1v) is 7.69. The van der Waals surface area contributed by atoms with Crippen molar-refractivity contribution in [2.24, 2.45) is 4.99 Å². The molecule has 0 fully saturated rings. The van der Waals surface area contributed by atoms with E-state index in [9.17, 15) is 4.39 Å². The second-order valence-corrected chi connectivity index (χ2v) is 5.20. The van der Waals surface area contributed by atoms with Crippen LogP contribution in [0.4, 0.5) is 10.1 Å². The number of hydrogen-bond acceptors (Lipinski definition) is 4. The highest BCUT2D eigenvalue weighted by Crippen LogP contribution is 2.29. The average molecular weight is 475 g/mol. The smallest absolute Gasteiger partial charge is 0.195 e. The van der Waals surface area contributed by atoms with Crippen molar-refractivity contribution in [3.05, 3.63) is 53.3 Å². The van der Waals surface area contributed by atoms with Crippen LogP contribution in [0.2, 0.25) is 0 Å². The third-order valence-electron chi connectivity index (χ3n) is 3.61. The van der Waals surface area contributed by atoms with Gasteiger partial charge in [-0.1, -0.05) is 6.07 Å². The summed E-state index contributed by atoms with van der Waals surface area (Å²) in [7, 11) is 4.80. The number of nitrogens with one attached hydrogen (secondary N) is 2. The lowest BCUT2D eigenvalue weighted by molar-refractivity contribution is 0.275. The molecule has 0 spiro atoms. The van der Waals surface area contributed by atoms with Crippen molar-refractivity contribution in [3.8, 4) is 11.5 Å². The summed E-state index contributed by atoms with van der Waals surface area (Å²) < 4.78 is 23.9. The Morgan fingerprint density at radius 2 is 1.85 bits per heavy atom. The number of aliphatic hydroxyl groups excluding tert-OH is 1. The highest BCUT2D eigenvalue weighted by molar-refractivity contribution is 14.0. The number of benzene rings is 2. The maximum atomic E-state index is 13.4. The second-order valence-electron chi connectivity index (χ2n) is 5.20. The Hall–Kier alpha value is -2.07. The third-order valence-corrected chi connectivity index (χ3v) is 3.61. The van der Waals surface area contributed by atoms with Gasteiger partial charge in [-0.15, -0.1) is 24.0 Å². The Labute approximate surface area is 169 Å². The van der Waals surface area contributed by atoms with E-state index in [0.29, 0.717) is 24.0 Å². The molecule has 0 amide bonds. The number of anilines is 1. The van der Waals surface area contributed by atoms with Crippen LogP contribution in [0.1, 0.15) is 11.1 Å². The lowest BCUT2D eigenvalue weighted by Crippen LogP contribution is -2.30. The Bertz CT molecular complexity index is 756. The van der Waals surface area contributed by atoms with Crippen LogP contribution >= 0.6 is 24.0 Å². The molecule has 0 saturated carbocycles. The number of ether oxygens (including phenoxy) is 2. The van der Waals surface area contributed by atoms with Gasteiger partial charge in [-0.2, -0.15) is 0 Å².